The Balaban J connectivity index is 4.18. The lowest BCUT2D eigenvalue weighted by molar-refractivity contribution is -0.117. The largest absolute Gasteiger partial charge is 0.340 e. The van der Waals surface area contributed by atoms with Gasteiger partial charge in [0.25, 0.3) is 5.91 Å². The third-order valence-electron chi connectivity index (χ3n) is 2.21. The average molecular weight is 167 g/mol. The van der Waals surface area contributed by atoms with E-state index in [0.29, 0.717) is 0 Å². The molecule has 0 rings (SSSR count). The normalized spacial score (nSPS) is 10.0. The minimum atomic E-state index is -0.177. The molecule has 1 N–H and O–H groups in total. The summed E-state index contributed by atoms with van der Waals surface area (Å²) in [6.45, 7) is 7.81. The number of hydrogen-bond acceptors (Lipinski definition) is 1. The number of carbonyl (C=O) groups is 1. The molecule has 0 saturated carbocycles. The molecule has 2 heteroatoms. The smallest absolute Gasteiger partial charge is 0.296 e. The van der Waals surface area contributed by atoms with Gasteiger partial charge in [-0.15, -0.1) is 0 Å². The molecule has 2 nitrogen and oxygen atoms in total. The van der Waals surface area contributed by atoms with E-state index < -0.39 is 0 Å². The Morgan fingerprint density at radius 2 is 1.92 bits per heavy atom. The highest BCUT2D eigenvalue weighted by molar-refractivity contribution is 5.93. The predicted molar refractivity (Wildman–Crippen MR) is 50.6 cm³/mol. The maximum atomic E-state index is 11.1. The molecule has 0 aliphatic carbocycles. The summed E-state index contributed by atoms with van der Waals surface area (Å²) in [5, 5.41) is 2.88. The zero-order valence-corrected chi connectivity index (χ0v) is 8.32. The van der Waals surface area contributed by atoms with Crippen LogP contribution in [0.5, 0.6) is 0 Å². The molecule has 0 spiro atoms. The number of nitrogens with one attached hydrogen (secondary N) is 1. The lowest BCUT2D eigenvalue weighted by atomic mass is 9.96. The molecule has 0 aromatic rings. The molecule has 0 aliphatic heterocycles. The zero-order chi connectivity index (χ0) is 9.61. The first-order valence-electron chi connectivity index (χ1n) is 4.33. The fraction of sp³-hybridized carbons (Fsp3) is 0.700. The number of rotatable bonds is 3. The second kappa shape index (κ2) is 4.82. The molecule has 1 amide bonds. The van der Waals surface area contributed by atoms with E-state index in [0.717, 1.165) is 12.8 Å². The summed E-state index contributed by atoms with van der Waals surface area (Å²) in [6, 6.07) is 0. The van der Waals surface area contributed by atoms with Gasteiger partial charge >= 0.3 is 0 Å². The van der Waals surface area contributed by atoms with Crippen molar-refractivity contribution in [3.05, 3.63) is 0 Å². The van der Waals surface area contributed by atoms with Gasteiger partial charge in [-0.05, 0) is 32.6 Å². The highest BCUT2D eigenvalue weighted by atomic mass is 16.1. The second-order valence-corrected chi connectivity index (χ2v) is 3.10. The molecule has 0 atom stereocenters. The fourth-order valence-corrected chi connectivity index (χ4v) is 0.846. The van der Waals surface area contributed by atoms with Crippen LogP contribution in [0.15, 0.2) is 0 Å². The Labute approximate surface area is 74.7 Å². The van der Waals surface area contributed by atoms with Gasteiger partial charge in [0.15, 0.2) is 0 Å². The minimum absolute atomic E-state index is 0.0963. The van der Waals surface area contributed by atoms with Crippen LogP contribution >= 0.6 is 0 Å². The molecule has 0 aliphatic rings. The van der Waals surface area contributed by atoms with Crippen molar-refractivity contribution < 1.29 is 4.79 Å². The van der Waals surface area contributed by atoms with E-state index in [1.165, 1.54) is 0 Å². The summed E-state index contributed by atoms with van der Waals surface area (Å²) >= 11 is 0. The Kier molecular flexibility index (Phi) is 4.43. The predicted octanol–water partition coefficient (Wildman–Crippen LogP) is 1.70. The van der Waals surface area contributed by atoms with Crippen molar-refractivity contribution >= 4 is 5.91 Å². The number of hydrogen-bond donors (Lipinski definition) is 1. The molecule has 0 radical (unpaired) electrons. The van der Waals surface area contributed by atoms with Gasteiger partial charge in [-0.1, -0.05) is 19.8 Å². The fourth-order valence-electron chi connectivity index (χ4n) is 0.846. The molecule has 0 aromatic heterocycles. The van der Waals surface area contributed by atoms with Crippen molar-refractivity contribution in [2.45, 2.75) is 46.1 Å². The molecule has 0 saturated heterocycles. The summed E-state index contributed by atoms with van der Waals surface area (Å²) < 4.78 is 0. The van der Waals surface area contributed by atoms with Crippen LogP contribution in [0.4, 0.5) is 0 Å². The Hall–Kier alpha value is -0.970. The molecule has 0 bridgehead atoms. The topological polar surface area (TPSA) is 29.1 Å². The molecular formula is C10H17NO. The number of carbonyl (C=O) groups excluding carboxylic acids is 1. The van der Waals surface area contributed by atoms with E-state index in [1.54, 1.807) is 6.92 Å². The SMILES string of the molecule is CC#CC(=O)NC(C)(CC)CC. The van der Waals surface area contributed by atoms with Crippen LogP contribution in [0.1, 0.15) is 40.5 Å². The van der Waals surface area contributed by atoms with Crippen LogP contribution < -0.4 is 5.32 Å². The van der Waals surface area contributed by atoms with Crippen LogP contribution in [-0.4, -0.2) is 11.4 Å². The Bertz CT molecular complexity index is 206. The third-order valence-corrected chi connectivity index (χ3v) is 2.21. The molecule has 68 valence electrons. The van der Waals surface area contributed by atoms with Gasteiger partial charge in [-0.2, -0.15) is 0 Å². The van der Waals surface area contributed by atoms with Crippen LogP contribution in [0, 0.1) is 11.8 Å². The summed E-state index contributed by atoms with van der Waals surface area (Å²) in [6.07, 6.45) is 1.86. The summed E-state index contributed by atoms with van der Waals surface area (Å²) in [5.41, 5.74) is -0.0963. The van der Waals surface area contributed by atoms with Gasteiger partial charge < -0.3 is 5.32 Å². The van der Waals surface area contributed by atoms with E-state index in [1.807, 2.05) is 6.92 Å². The van der Waals surface area contributed by atoms with Crippen molar-refractivity contribution in [3.8, 4) is 11.8 Å². The third kappa shape index (κ3) is 3.43. The first kappa shape index (κ1) is 11.0. The second-order valence-electron chi connectivity index (χ2n) is 3.10. The van der Waals surface area contributed by atoms with E-state index in [-0.39, 0.29) is 11.4 Å². The minimum Gasteiger partial charge on any atom is -0.340 e. The maximum Gasteiger partial charge on any atom is 0.296 e. The average Bonchev–Trinajstić information content (AvgIpc) is 2.05. The van der Waals surface area contributed by atoms with Gasteiger partial charge in [0, 0.05) is 5.54 Å². The van der Waals surface area contributed by atoms with Crippen molar-refractivity contribution in [2.24, 2.45) is 0 Å². The first-order chi connectivity index (χ1) is 5.58. The highest BCUT2D eigenvalue weighted by Crippen LogP contribution is 2.12. The van der Waals surface area contributed by atoms with Crippen molar-refractivity contribution in [1.29, 1.82) is 0 Å². The zero-order valence-electron chi connectivity index (χ0n) is 8.32. The van der Waals surface area contributed by atoms with Gasteiger partial charge in [0.2, 0.25) is 0 Å². The summed E-state index contributed by atoms with van der Waals surface area (Å²) in [4.78, 5) is 11.1. The van der Waals surface area contributed by atoms with Crippen molar-refractivity contribution in [2.75, 3.05) is 0 Å². The van der Waals surface area contributed by atoms with Gasteiger partial charge in [0.05, 0.1) is 0 Å². The molecule has 0 fully saturated rings. The number of amides is 1. The van der Waals surface area contributed by atoms with Crippen LogP contribution in [0.3, 0.4) is 0 Å². The Morgan fingerprint density at radius 3 is 2.25 bits per heavy atom. The lowest BCUT2D eigenvalue weighted by Gasteiger charge is -2.26. The van der Waals surface area contributed by atoms with Crippen LogP contribution in [0.25, 0.3) is 0 Å². The monoisotopic (exact) mass is 167 g/mol. The van der Waals surface area contributed by atoms with Crippen molar-refractivity contribution in [3.63, 3.8) is 0 Å². The van der Waals surface area contributed by atoms with E-state index in [2.05, 4.69) is 31.0 Å². The Morgan fingerprint density at radius 1 is 1.42 bits per heavy atom. The lowest BCUT2D eigenvalue weighted by Crippen LogP contribution is -2.44. The van der Waals surface area contributed by atoms with Gasteiger partial charge in [-0.25, -0.2) is 0 Å². The van der Waals surface area contributed by atoms with E-state index in [9.17, 15) is 4.79 Å². The molecule has 0 unspecified atom stereocenters. The van der Waals surface area contributed by atoms with Crippen LogP contribution in [-0.2, 0) is 4.79 Å². The quantitative estimate of drug-likeness (QED) is 0.637. The van der Waals surface area contributed by atoms with Gasteiger partial charge in [0.1, 0.15) is 0 Å². The summed E-state index contributed by atoms with van der Waals surface area (Å²) in [5.74, 6) is 4.87. The molecule has 12 heavy (non-hydrogen) atoms. The highest BCUT2D eigenvalue weighted by Gasteiger charge is 2.20. The van der Waals surface area contributed by atoms with Crippen molar-refractivity contribution in [1.82, 2.24) is 5.32 Å². The summed E-state index contributed by atoms with van der Waals surface area (Å²) in [7, 11) is 0. The first-order valence-corrected chi connectivity index (χ1v) is 4.33. The molecule has 0 aromatic carbocycles. The van der Waals surface area contributed by atoms with E-state index >= 15 is 0 Å². The maximum absolute atomic E-state index is 11.1. The van der Waals surface area contributed by atoms with Gasteiger partial charge in [-0.3, -0.25) is 4.79 Å². The standard InChI is InChI=1S/C10H17NO/c1-5-8-9(12)11-10(4,6-2)7-3/h6-7H2,1-4H3,(H,11,12). The molecular weight excluding hydrogens is 150 g/mol. The molecule has 0 heterocycles. The van der Waals surface area contributed by atoms with E-state index in [4.69, 9.17) is 0 Å². The van der Waals surface area contributed by atoms with Crippen LogP contribution in [0.2, 0.25) is 0 Å².